The number of fused-ring (bicyclic) bond motifs is 1. The molecule has 0 aliphatic carbocycles. The second-order valence-corrected chi connectivity index (χ2v) is 5.68. The van der Waals surface area contributed by atoms with Crippen LogP contribution in [0.3, 0.4) is 0 Å². The number of hydrogen-bond donors (Lipinski definition) is 1. The van der Waals surface area contributed by atoms with Crippen molar-refractivity contribution in [2.24, 2.45) is 5.14 Å². The van der Waals surface area contributed by atoms with Crippen LogP contribution in [0.4, 0.5) is 0 Å². The number of rotatable bonds is 3. The highest BCUT2D eigenvalue weighted by atomic mass is 32.2. The van der Waals surface area contributed by atoms with Crippen LogP contribution in [0, 0.1) is 0 Å². The standard InChI is InChI=1S/C15H11NO5S/c16-22(18,19)21-15-13(10-6-2-1-3-7-10)14(17)11-8-4-5-9-12(11)20-15/h1-9H,(H2,16,18,19). The first-order valence-corrected chi connectivity index (χ1v) is 7.76. The summed E-state index contributed by atoms with van der Waals surface area (Å²) in [7, 11) is -4.33. The zero-order chi connectivity index (χ0) is 15.7. The predicted molar refractivity (Wildman–Crippen MR) is 81.7 cm³/mol. The zero-order valence-electron chi connectivity index (χ0n) is 11.2. The van der Waals surface area contributed by atoms with Gasteiger partial charge in [0, 0.05) is 0 Å². The lowest BCUT2D eigenvalue weighted by Crippen LogP contribution is -2.21. The summed E-state index contributed by atoms with van der Waals surface area (Å²) in [6, 6.07) is 15.0. The molecular weight excluding hydrogens is 306 g/mol. The number of para-hydroxylation sites is 1. The summed E-state index contributed by atoms with van der Waals surface area (Å²) in [6.45, 7) is 0. The van der Waals surface area contributed by atoms with Crippen LogP contribution >= 0.6 is 0 Å². The lowest BCUT2D eigenvalue weighted by Gasteiger charge is -2.09. The van der Waals surface area contributed by atoms with Crippen molar-refractivity contribution in [3.63, 3.8) is 0 Å². The fourth-order valence-corrected chi connectivity index (χ4v) is 2.47. The number of benzene rings is 2. The first-order chi connectivity index (χ1) is 10.5. The Morgan fingerprint density at radius 3 is 2.27 bits per heavy atom. The van der Waals surface area contributed by atoms with Crippen molar-refractivity contribution < 1.29 is 17.0 Å². The molecule has 112 valence electrons. The second-order valence-electron chi connectivity index (χ2n) is 4.53. The van der Waals surface area contributed by atoms with Gasteiger partial charge < -0.3 is 8.60 Å². The van der Waals surface area contributed by atoms with Gasteiger partial charge >= 0.3 is 16.3 Å². The molecule has 0 aliphatic heterocycles. The Morgan fingerprint density at radius 1 is 0.955 bits per heavy atom. The summed E-state index contributed by atoms with van der Waals surface area (Å²) in [6.07, 6.45) is 0. The van der Waals surface area contributed by atoms with Crippen LogP contribution in [0.1, 0.15) is 0 Å². The highest BCUT2D eigenvalue weighted by Gasteiger charge is 2.20. The molecule has 3 rings (SSSR count). The highest BCUT2D eigenvalue weighted by molar-refractivity contribution is 7.84. The van der Waals surface area contributed by atoms with E-state index in [-0.39, 0.29) is 11.1 Å². The molecule has 1 heterocycles. The van der Waals surface area contributed by atoms with Gasteiger partial charge in [0.05, 0.1) is 5.39 Å². The normalized spacial score (nSPS) is 11.5. The summed E-state index contributed by atoms with van der Waals surface area (Å²) in [5, 5.41) is 5.22. The Labute approximate surface area is 126 Å². The summed E-state index contributed by atoms with van der Waals surface area (Å²) in [5.41, 5.74) is 0.298. The second kappa shape index (κ2) is 5.28. The largest absolute Gasteiger partial charge is 0.424 e. The fraction of sp³-hybridized carbons (Fsp3) is 0. The van der Waals surface area contributed by atoms with Crippen molar-refractivity contribution >= 4 is 21.3 Å². The minimum Gasteiger partial charge on any atom is -0.424 e. The topological polar surface area (TPSA) is 99.6 Å². The van der Waals surface area contributed by atoms with Crippen LogP contribution in [0.15, 0.2) is 63.8 Å². The first-order valence-electron chi connectivity index (χ1n) is 6.29. The van der Waals surface area contributed by atoms with Crippen LogP contribution in [-0.4, -0.2) is 8.42 Å². The Morgan fingerprint density at radius 2 is 1.59 bits per heavy atom. The van der Waals surface area contributed by atoms with Crippen molar-refractivity contribution in [1.29, 1.82) is 0 Å². The van der Waals surface area contributed by atoms with E-state index in [1.165, 1.54) is 0 Å². The first kappa shape index (κ1) is 14.3. The van der Waals surface area contributed by atoms with Crippen molar-refractivity contribution in [3.8, 4) is 17.1 Å². The zero-order valence-corrected chi connectivity index (χ0v) is 12.0. The third-order valence-electron chi connectivity index (χ3n) is 3.02. The minimum absolute atomic E-state index is 0.00771. The highest BCUT2D eigenvalue weighted by Crippen LogP contribution is 2.30. The summed E-state index contributed by atoms with van der Waals surface area (Å²) in [4.78, 5) is 12.7. The van der Waals surface area contributed by atoms with E-state index in [0.717, 1.165) is 0 Å². The summed E-state index contributed by atoms with van der Waals surface area (Å²) >= 11 is 0. The molecule has 1 aromatic heterocycles. The summed E-state index contributed by atoms with van der Waals surface area (Å²) < 4.78 is 32.5. The Balaban J connectivity index is 2.39. The molecule has 2 aromatic carbocycles. The van der Waals surface area contributed by atoms with E-state index in [9.17, 15) is 13.2 Å². The molecule has 0 fully saturated rings. The van der Waals surface area contributed by atoms with Gasteiger partial charge in [0.2, 0.25) is 5.43 Å². The van der Waals surface area contributed by atoms with Crippen LogP contribution in [0.25, 0.3) is 22.1 Å². The molecular formula is C15H11NO5S. The molecule has 7 heteroatoms. The molecule has 0 saturated carbocycles. The van der Waals surface area contributed by atoms with Gasteiger partial charge in [0.1, 0.15) is 11.1 Å². The van der Waals surface area contributed by atoms with Gasteiger partial charge in [-0.15, -0.1) is 0 Å². The average Bonchev–Trinajstić information content (AvgIpc) is 2.47. The maximum absolute atomic E-state index is 12.7. The third kappa shape index (κ3) is 2.72. The van der Waals surface area contributed by atoms with Crippen molar-refractivity contribution in [3.05, 3.63) is 64.8 Å². The van der Waals surface area contributed by atoms with Crippen LogP contribution in [0.2, 0.25) is 0 Å². The molecule has 22 heavy (non-hydrogen) atoms. The average molecular weight is 317 g/mol. The molecule has 0 atom stereocenters. The lowest BCUT2D eigenvalue weighted by molar-refractivity contribution is 0.393. The van der Waals surface area contributed by atoms with E-state index < -0.39 is 21.7 Å². The van der Waals surface area contributed by atoms with Crippen LogP contribution in [0.5, 0.6) is 5.95 Å². The van der Waals surface area contributed by atoms with E-state index in [0.29, 0.717) is 10.9 Å². The third-order valence-corrected chi connectivity index (χ3v) is 3.40. The maximum atomic E-state index is 12.7. The lowest BCUT2D eigenvalue weighted by atomic mass is 10.1. The molecule has 0 unspecified atom stereocenters. The van der Waals surface area contributed by atoms with E-state index in [1.807, 2.05) is 0 Å². The van der Waals surface area contributed by atoms with E-state index in [2.05, 4.69) is 4.18 Å². The van der Waals surface area contributed by atoms with Gasteiger partial charge in [-0.3, -0.25) is 4.79 Å². The molecule has 2 N–H and O–H groups in total. The van der Waals surface area contributed by atoms with Crippen molar-refractivity contribution in [2.45, 2.75) is 0 Å². The number of hydrogen-bond acceptors (Lipinski definition) is 5. The molecule has 0 saturated heterocycles. The van der Waals surface area contributed by atoms with Gasteiger partial charge in [-0.25, -0.2) is 0 Å². The van der Waals surface area contributed by atoms with Crippen LogP contribution < -0.4 is 14.8 Å². The summed E-state index contributed by atoms with van der Waals surface area (Å²) in [5.74, 6) is -0.447. The molecule has 0 bridgehead atoms. The van der Waals surface area contributed by atoms with E-state index in [1.54, 1.807) is 54.6 Å². The monoisotopic (exact) mass is 317 g/mol. The van der Waals surface area contributed by atoms with Crippen molar-refractivity contribution in [1.82, 2.24) is 0 Å². The molecule has 6 nitrogen and oxygen atoms in total. The predicted octanol–water partition coefficient (Wildman–Crippen LogP) is 2.04. The van der Waals surface area contributed by atoms with E-state index in [4.69, 9.17) is 9.56 Å². The fourth-order valence-electron chi connectivity index (χ4n) is 2.14. The van der Waals surface area contributed by atoms with Gasteiger partial charge in [0.15, 0.2) is 0 Å². The quantitative estimate of drug-likeness (QED) is 0.797. The Bertz CT molecular complexity index is 993. The number of nitrogens with two attached hydrogens (primary N) is 1. The van der Waals surface area contributed by atoms with Gasteiger partial charge in [-0.1, -0.05) is 42.5 Å². The SMILES string of the molecule is NS(=O)(=O)Oc1oc2ccccc2c(=O)c1-c1ccccc1. The molecule has 3 aromatic rings. The van der Waals surface area contributed by atoms with Gasteiger partial charge in [0.25, 0.3) is 0 Å². The van der Waals surface area contributed by atoms with E-state index >= 15 is 0 Å². The molecule has 0 amide bonds. The molecule has 0 spiro atoms. The van der Waals surface area contributed by atoms with Crippen molar-refractivity contribution in [2.75, 3.05) is 0 Å². The Hall–Kier alpha value is -2.64. The smallest absolute Gasteiger partial charge is 0.382 e. The molecule has 0 aliphatic rings. The van der Waals surface area contributed by atoms with Gasteiger partial charge in [-0.2, -0.15) is 13.6 Å². The van der Waals surface area contributed by atoms with Gasteiger partial charge in [-0.05, 0) is 17.7 Å². The minimum atomic E-state index is -4.33. The maximum Gasteiger partial charge on any atom is 0.382 e. The molecule has 0 radical (unpaired) electrons. The van der Waals surface area contributed by atoms with Crippen LogP contribution in [-0.2, 0) is 10.3 Å². The Kier molecular flexibility index (Phi) is 3.44.